The standard InChI is InChI=1S/C24H21N5O3S/c1-14-3-2-4-17(11-14)29-22(31)10-8-19(28-29)23(32)27-24-26-20(13-33-24)16-5-7-18-15(12-16)6-9-21(30)25-18/h2-5,7,11-13H,6,8-10H2,1H3,(H,25,30)(H,26,27,32). The summed E-state index contributed by atoms with van der Waals surface area (Å²) in [6.45, 7) is 1.94. The maximum atomic E-state index is 12.8. The minimum Gasteiger partial charge on any atom is -0.326 e. The van der Waals surface area contributed by atoms with Crippen molar-refractivity contribution in [3.8, 4) is 11.3 Å². The molecule has 0 bridgehead atoms. The number of nitrogens with one attached hydrogen (secondary N) is 2. The van der Waals surface area contributed by atoms with Crippen LogP contribution in [0.15, 0.2) is 52.9 Å². The van der Waals surface area contributed by atoms with Gasteiger partial charge in [-0.2, -0.15) is 5.10 Å². The van der Waals surface area contributed by atoms with Gasteiger partial charge in [0.25, 0.3) is 5.91 Å². The fourth-order valence-corrected chi connectivity index (χ4v) is 4.57. The Kier molecular flexibility index (Phi) is 5.47. The molecule has 2 N–H and O–H groups in total. The average Bonchev–Trinajstić information content (AvgIpc) is 3.27. The van der Waals surface area contributed by atoms with Crippen molar-refractivity contribution in [2.75, 3.05) is 15.6 Å². The van der Waals surface area contributed by atoms with Crippen LogP contribution in [0.5, 0.6) is 0 Å². The normalized spacial score (nSPS) is 15.5. The Hall–Kier alpha value is -3.85. The van der Waals surface area contributed by atoms with Crippen molar-refractivity contribution in [2.45, 2.75) is 32.6 Å². The number of rotatable bonds is 4. The Bertz CT molecular complexity index is 1310. The number of carbonyl (C=O) groups excluding carboxylic acids is 3. The minimum atomic E-state index is -0.366. The summed E-state index contributed by atoms with van der Waals surface area (Å²) in [6.07, 6.45) is 1.66. The molecule has 0 saturated carbocycles. The molecule has 8 nitrogen and oxygen atoms in total. The number of hydrazone groups is 1. The second-order valence-corrected chi connectivity index (χ2v) is 8.86. The van der Waals surface area contributed by atoms with Crippen LogP contribution in [0, 0.1) is 6.92 Å². The SMILES string of the molecule is Cc1cccc(N2N=C(C(=O)Nc3nc(-c4ccc5c(c4)CCC(=O)N5)cs3)CCC2=O)c1. The van der Waals surface area contributed by atoms with Gasteiger partial charge in [0.1, 0.15) is 5.71 Å². The van der Waals surface area contributed by atoms with Crippen molar-refractivity contribution in [2.24, 2.45) is 5.10 Å². The van der Waals surface area contributed by atoms with Crippen LogP contribution in [-0.4, -0.2) is 28.4 Å². The number of amides is 3. The summed E-state index contributed by atoms with van der Waals surface area (Å²) in [5, 5.41) is 13.6. The fourth-order valence-electron chi connectivity index (χ4n) is 3.85. The topological polar surface area (TPSA) is 104 Å². The van der Waals surface area contributed by atoms with Crippen LogP contribution >= 0.6 is 11.3 Å². The number of aryl methyl sites for hydroxylation is 2. The number of thiazole rings is 1. The van der Waals surface area contributed by atoms with Gasteiger partial charge in [-0.05, 0) is 48.7 Å². The van der Waals surface area contributed by atoms with Crippen LogP contribution < -0.4 is 15.6 Å². The maximum absolute atomic E-state index is 12.8. The van der Waals surface area contributed by atoms with Gasteiger partial charge in [0.2, 0.25) is 11.8 Å². The van der Waals surface area contributed by atoms with Gasteiger partial charge in [-0.3, -0.25) is 19.7 Å². The van der Waals surface area contributed by atoms with Crippen LogP contribution in [0.25, 0.3) is 11.3 Å². The van der Waals surface area contributed by atoms with E-state index in [-0.39, 0.29) is 36.3 Å². The molecule has 3 amide bonds. The molecule has 5 rings (SSSR count). The molecule has 9 heteroatoms. The van der Waals surface area contributed by atoms with E-state index in [0.29, 0.717) is 23.7 Å². The molecule has 0 radical (unpaired) electrons. The van der Waals surface area contributed by atoms with Gasteiger partial charge in [-0.1, -0.05) is 18.2 Å². The largest absolute Gasteiger partial charge is 0.326 e. The smallest absolute Gasteiger partial charge is 0.273 e. The summed E-state index contributed by atoms with van der Waals surface area (Å²) in [6, 6.07) is 13.3. The Morgan fingerprint density at radius 1 is 1.09 bits per heavy atom. The lowest BCUT2D eigenvalue weighted by Crippen LogP contribution is -2.36. The molecule has 166 valence electrons. The van der Waals surface area contributed by atoms with Gasteiger partial charge in [0, 0.05) is 35.9 Å². The maximum Gasteiger partial charge on any atom is 0.273 e. The zero-order valence-electron chi connectivity index (χ0n) is 17.9. The molecule has 33 heavy (non-hydrogen) atoms. The van der Waals surface area contributed by atoms with Gasteiger partial charge in [0.05, 0.1) is 11.4 Å². The highest BCUT2D eigenvalue weighted by molar-refractivity contribution is 7.14. The van der Waals surface area contributed by atoms with Gasteiger partial charge in [-0.25, -0.2) is 9.99 Å². The van der Waals surface area contributed by atoms with E-state index < -0.39 is 0 Å². The third kappa shape index (κ3) is 4.40. The second kappa shape index (κ2) is 8.59. The number of fused-ring (bicyclic) bond motifs is 1. The summed E-state index contributed by atoms with van der Waals surface area (Å²) < 4.78 is 0. The van der Waals surface area contributed by atoms with Crippen molar-refractivity contribution >= 4 is 51.3 Å². The zero-order valence-corrected chi connectivity index (χ0v) is 18.7. The minimum absolute atomic E-state index is 0.0298. The summed E-state index contributed by atoms with van der Waals surface area (Å²) >= 11 is 1.33. The fraction of sp³-hybridized carbons (Fsp3) is 0.208. The predicted octanol–water partition coefficient (Wildman–Crippen LogP) is 4.12. The summed E-state index contributed by atoms with van der Waals surface area (Å²) in [5.74, 6) is -0.478. The van der Waals surface area contributed by atoms with Gasteiger partial charge in [0.15, 0.2) is 5.13 Å². The van der Waals surface area contributed by atoms with E-state index in [9.17, 15) is 14.4 Å². The molecule has 0 fully saturated rings. The number of nitrogens with zero attached hydrogens (tertiary/aromatic N) is 3. The Balaban J connectivity index is 1.32. The van der Waals surface area contributed by atoms with E-state index in [4.69, 9.17) is 0 Å². The molecule has 0 atom stereocenters. The van der Waals surface area contributed by atoms with Gasteiger partial charge < -0.3 is 5.32 Å². The van der Waals surface area contributed by atoms with Gasteiger partial charge in [-0.15, -0.1) is 11.3 Å². The summed E-state index contributed by atoms with van der Waals surface area (Å²) in [4.78, 5) is 41.3. The molecule has 3 aromatic rings. The summed E-state index contributed by atoms with van der Waals surface area (Å²) in [5.41, 5.74) is 5.52. The number of hydrogen-bond donors (Lipinski definition) is 2. The van der Waals surface area contributed by atoms with Crippen molar-refractivity contribution < 1.29 is 14.4 Å². The molecule has 2 aliphatic heterocycles. The van der Waals surface area contributed by atoms with Crippen molar-refractivity contribution in [3.05, 3.63) is 59.0 Å². The van der Waals surface area contributed by atoms with Crippen LogP contribution in [-0.2, 0) is 20.8 Å². The van der Waals surface area contributed by atoms with Crippen molar-refractivity contribution in [1.29, 1.82) is 0 Å². The van der Waals surface area contributed by atoms with E-state index >= 15 is 0 Å². The highest BCUT2D eigenvalue weighted by atomic mass is 32.1. The third-order valence-corrected chi connectivity index (χ3v) is 6.32. The number of benzene rings is 2. The number of aromatic nitrogens is 1. The molecule has 0 spiro atoms. The molecule has 0 saturated heterocycles. The molecular weight excluding hydrogens is 438 g/mol. The predicted molar refractivity (Wildman–Crippen MR) is 128 cm³/mol. The molecule has 2 aliphatic rings. The zero-order chi connectivity index (χ0) is 22.9. The highest BCUT2D eigenvalue weighted by Gasteiger charge is 2.26. The van der Waals surface area contributed by atoms with E-state index in [1.165, 1.54) is 16.3 Å². The molecule has 1 aromatic heterocycles. The Labute approximate surface area is 194 Å². The van der Waals surface area contributed by atoms with E-state index in [1.54, 1.807) is 6.07 Å². The third-order valence-electron chi connectivity index (χ3n) is 5.56. The second-order valence-electron chi connectivity index (χ2n) is 8.00. The first kappa shape index (κ1) is 21.0. The van der Waals surface area contributed by atoms with Crippen LogP contribution in [0.1, 0.15) is 30.4 Å². The molecular formula is C24H21N5O3S. The van der Waals surface area contributed by atoms with Gasteiger partial charge >= 0.3 is 0 Å². The quantitative estimate of drug-likeness (QED) is 0.612. The Morgan fingerprint density at radius 2 is 1.97 bits per heavy atom. The first-order valence-corrected chi connectivity index (χ1v) is 11.5. The molecule has 2 aromatic carbocycles. The first-order chi connectivity index (χ1) is 16.0. The highest BCUT2D eigenvalue weighted by Crippen LogP contribution is 2.31. The van der Waals surface area contributed by atoms with Crippen LogP contribution in [0.3, 0.4) is 0 Å². The monoisotopic (exact) mass is 459 g/mol. The van der Waals surface area contributed by atoms with Crippen molar-refractivity contribution in [1.82, 2.24) is 4.98 Å². The average molecular weight is 460 g/mol. The van der Waals surface area contributed by atoms with Crippen molar-refractivity contribution in [3.63, 3.8) is 0 Å². The number of carbonyl (C=O) groups is 3. The lowest BCUT2D eigenvalue weighted by Gasteiger charge is -2.23. The first-order valence-electron chi connectivity index (χ1n) is 10.6. The number of anilines is 3. The van der Waals surface area contributed by atoms with Crippen LogP contribution in [0.2, 0.25) is 0 Å². The lowest BCUT2D eigenvalue weighted by atomic mass is 9.99. The van der Waals surface area contributed by atoms with E-state index in [1.807, 2.05) is 48.7 Å². The van der Waals surface area contributed by atoms with Crippen LogP contribution in [0.4, 0.5) is 16.5 Å². The van der Waals surface area contributed by atoms with E-state index in [0.717, 1.165) is 28.1 Å². The summed E-state index contributed by atoms with van der Waals surface area (Å²) in [7, 11) is 0. The van der Waals surface area contributed by atoms with E-state index in [2.05, 4.69) is 20.7 Å². The molecule has 0 aliphatic carbocycles. The number of hydrogen-bond acceptors (Lipinski definition) is 6. The Morgan fingerprint density at radius 3 is 2.82 bits per heavy atom. The molecule has 0 unspecified atom stereocenters. The lowest BCUT2D eigenvalue weighted by molar-refractivity contribution is -0.119. The molecule has 3 heterocycles.